The Labute approximate surface area is 167 Å². The molecule has 4 aromatic rings. The van der Waals surface area contributed by atoms with Crippen molar-refractivity contribution in [1.29, 1.82) is 0 Å². The first-order valence-corrected chi connectivity index (χ1v) is 9.06. The average molecular weight is 385 g/mol. The molecule has 1 heterocycles. The lowest BCUT2D eigenvalue weighted by Crippen LogP contribution is -1.97. The summed E-state index contributed by atoms with van der Waals surface area (Å²) in [5.41, 5.74) is 3.04. The molecule has 0 unspecified atom stereocenters. The van der Waals surface area contributed by atoms with Crippen LogP contribution in [0.1, 0.15) is 11.3 Å². The molecule has 0 saturated carbocycles. The number of hydrogen-bond donors (Lipinski definition) is 3. The van der Waals surface area contributed by atoms with Gasteiger partial charge in [0.2, 0.25) is 0 Å². The highest BCUT2D eigenvalue weighted by Crippen LogP contribution is 2.27. The van der Waals surface area contributed by atoms with Crippen LogP contribution in [0.5, 0.6) is 5.75 Å². The number of anilines is 2. The number of ether oxygens (including phenoxy) is 1. The second-order valence-electron chi connectivity index (χ2n) is 6.43. The molecule has 0 aliphatic heterocycles. The maximum absolute atomic E-state index is 9.85. The Morgan fingerprint density at radius 1 is 0.966 bits per heavy atom. The van der Waals surface area contributed by atoms with Crippen molar-refractivity contribution in [2.75, 3.05) is 5.32 Å². The molecule has 29 heavy (non-hydrogen) atoms. The van der Waals surface area contributed by atoms with Gasteiger partial charge in [0.15, 0.2) is 5.76 Å². The number of hydrogen-bond acceptors (Lipinski definition) is 6. The predicted octanol–water partition coefficient (Wildman–Crippen LogP) is 5.37. The topological polar surface area (TPSA) is 87.5 Å². The maximum Gasteiger partial charge on any atom is 0.178 e. The third-order valence-electron chi connectivity index (χ3n) is 4.42. The Morgan fingerprint density at radius 3 is 2.48 bits per heavy atom. The van der Waals surface area contributed by atoms with Gasteiger partial charge in [-0.05, 0) is 42.0 Å². The highest BCUT2D eigenvalue weighted by Gasteiger charge is 2.09. The number of rotatable bonds is 6. The fourth-order valence-corrected chi connectivity index (χ4v) is 2.95. The summed E-state index contributed by atoms with van der Waals surface area (Å²) < 4.78 is 5.81. The molecule has 3 aromatic carbocycles. The summed E-state index contributed by atoms with van der Waals surface area (Å²) in [7, 11) is 0. The molecule has 0 spiro atoms. The molecule has 0 amide bonds. The van der Waals surface area contributed by atoms with Crippen LogP contribution < -0.4 is 10.1 Å². The number of aliphatic hydroxyl groups excluding tert-OH is 2. The van der Waals surface area contributed by atoms with Crippen LogP contribution in [0, 0.1) is 0 Å². The van der Waals surface area contributed by atoms with Crippen LogP contribution in [-0.2, 0) is 6.61 Å². The fraction of sp³-hybridized carbons (Fsp3) is 0.0435. The summed E-state index contributed by atoms with van der Waals surface area (Å²) in [6.07, 6.45) is 2.21. The number of fused-ring (bicyclic) bond motifs is 1. The summed E-state index contributed by atoms with van der Waals surface area (Å²) in [6.45, 7) is 0.518. The first-order valence-electron chi connectivity index (χ1n) is 9.06. The third kappa shape index (κ3) is 4.27. The average Bonchev–Trinajstić information content (AvgIpc) is 2.78. The van der Waals surface area contributed by atoms with Crippen LogP contribution in [-0.4, -0.2) is 20.4 Å². The van der Waals surface area contributed by atoms with E-state index in [1.54, 1.807) is 6.20 Å². The quantitative estimate of drug-likeness (QED) is 0.387. The summed E-state index contributed by atoms with van der Waals surface area (Å²) >= 11 is 0. The van der Waals surface area contributed by atoms with Gasteiger partial charge in [0, 0.05) is 22.1 Å². The monoisotopic (exact) mass is 385 g/mol. The normalized spacial score (nSPS) is 11.4. The molecule has 0 radical (unpaired) electrons. The third-order valence-corrected chi connectivity index (χ3v) is 4.42. The van der Waals surface area contributed by atoms with Crippen molar-refractivity contribution in [3.63, 3.8) is 0 Å². The Balaban J connectivity index is 1.49. The summed E-state index contributed by atoms with van der Waals surface area (Å²) in [4.78, 5) is 0. The van der Waals surface area contributed by atoms with Gasteiger partial charge in [0.25, 0.3) is 0 Å². The molecular formula is C23H19N3O3. The highest BCUT2D eigenvalue weighted by molar-refractivity contribution is 5.92. The minimum atomic E-state index is -0.333. The van der Waals surface area contributed by atoms with Gasteiger partial charge in [-0.2, -0.15) is 5.10 Å². The van der Waals surface area contributed by atoms with Crippen molar-refractivity contribution in [2.45, 2.75) is 6.61 Å². The molecule has 0 aliphatic rings. The maximum atomic E-state index is 9.85. The second kappa shape index (κ2) is 8.31. The standard InChI is InChI=1S/C23H19N3O3/c27-14-22(28)23-21-12-19(7-6-17(21)13-24-26-23)25-18-8-10-20(11-9-18)29-15-16-4-2-1-3-5-16/h1-14,25,27-28H,15H2. The van der Waals surface area contributed by atoms with Crippen molar-refractivity contribution in [1.82, 2.24) is 10.2 Å². The van der Waals surface area contributed by atoms with Crippen molar-refractivity contribution < 1.29 is 14.9 Å². The first-order chi connectivity index (χ1) is 14.2. The SMILES string of the molecule is OC=C(O)c1nncc2ccc(Nc3ccc(OCc4ccccc4)cc3)cc12. The molecule has 4 rings (SSSR count). The lowest BCUT2D eigenvalue weighted by Gasteiger charge is -2.11. The summed E-state index contributed by atoms with van der Waals surface area (Å²) in [6, 6.07) is 23.3. The molecule has 1 aromatic heterocycles. The van der Waals surface area contributed by atoms with Crippen LogP contribution in [0.4, 0.5) is 11.4 Å². The van der Waals surface area contributed by atoms with Crippen LogP contribution in [0.2, 0.25) is 0 Å². The Kier molecular flexibility index (Phi) is 5.25. The molecule has 144 valence electrons. The smallest absolute Gasteiger partial charge is 0.178 e. The van der Waals surface area contributed by atoms with E-state index < -0.39 is 0 Å². The minimum Gasteiger partial charge on any atom is -0.512 e. The van der Waals surface area contributed by atoms with E-state index in [0.717, 1.165) is 28.1 Å². The first kappa shape index (κ1) is 18.3. The van der Waals surface area contributed by atoms with E-state index >= 15 is 0 Å². The number of aromatic nitrogens is 2. The van der Waals surface area contributed by atoms with E-state index in [-0.39, 0.29) is 11.5 Å². The Morgan fingerprint density at radius 2 is 1.72 bits per heavy atom. The van der Waals surface area contributed by atoms with Crippen molar-refractivity contribution in [3.05, 3.63) is 96.5 Å². The number of nitrogens with one attached hydrogen (secondary N) is 1. The van der Waals surface area contributed by atoms with E-state index in [0.29, 0.717) is 18.3 Å². The van der Waals surface area contributed by atoms with Crippen molar-refractivity contribution in [3.8, 4) is 5.75 Å². The lowest BCUT2D eigenvalue weighted by molar-refractivity contribution is 0.306. The zero-order chi connectivity index (χ0) is 20.1. The van der Waals surface area contributed by atoms with Crippen LogP contribution >= 0.6 is 0 Å². The highest BCUT2D eigenvalue weighted by atomic mass is 16.5. The van der Waals surface area contributed by atoms with E-state index in [9.17, 15) is 5.11 Å². The number of aliphatic hydroxyl groups is 2. The fourth-order valence-electron chi connectivity index (χ4n) is 2.95. The molecule has 0 atom stereocenters. The molecule has 6 nitrogen and oxygen atoms in total. The zero-order valence-electron chi connectivity index (χ0n) is 15.5. The van der Waals surface area contributed by atoms with Gasteiger partial charge in [0.1, 0.15) is 24.3 Å². The van der Waals surface area contributed by atoms with Crippen LogP contribution in [0.25, 0.3) is 16.5 Å². The van der Waals surface area contributed by atoms with Crippen molar-refractivity contribution >= 4 is 27.9 Å². The molecule has 0 saturated heterocycles. The molecule has 6 heteroatoms. The van der Waals surface area contributed by atoms with Gasteiger partial charge in [0.05, 0.1) is 6.20 Å². The predicted molar refractivity (Wildman–Crippen MR) is 113 cm³/mol. The number of benzene rings is 3. The van der Waals surface area contributed by atoms with Gasteiger partial charge in [-0.3, -0.25) is 0 Å². The molecule has 3 N–H and O–H groups in total. The van der Waals surface area contributed by atoms with Gasteiger partial charge < -0.3 is 20.3 Å². The molecular weight excluding hydrogens is 366 g/mol. The molecule has 0 bridgehead atoms. The van der Waals surface area contributed by atoms with Gasteiger partial charge in [-0.1, -0.05) is 36.4 Å². The largest absolute Gasteiger partial charge is 0.512 e. The summed E-state index contributed by atoms with van der Waals surface area (Å²) in [5.74, 6) is 0.452. The van der Waals surface area contributed by atoms with Gasteiger partial charge in [-0.25, -0.2) is 0 Å². The van der Waals surface area contributed by atoms with Crippen LogP contribution in [0.15, 0.2) is 85.3 Å². The second-order valence-corrected chi connectivity index (χ2v) is 6.43. The Bertz CT molecular complexity index is 1140. The van der Waals surface area contributed by atoms with Gasteiger partial charge >= 0.3 is 0 Å². The van der Waals surface area contributed by atoms with Crippen LogP contribution in [0.3, 0.4) is 0 Å². The van der Waals surface area contributed by atoms with E-state index in [2.05, 4.69) is 15.5 Å². The van der Waals surface area contributed by atoms with E-state index in [1.807, 2.05) is 72.8 Å². The minimum absolute atomic E-state index is 0.221. The number of nitrogens with zero attached hydrogens (tertiary/aromatic N) is 2. The van der Waals surface area contributed by atoms with E-state index in [4.69, 9.17) is 9.84 Å². The van der Waals surface area contributed by atoms with Gasteiger partial charge in [-0.15, -0.1) is 5.10 Å². The van der Waals surface area contributed by atoms with Crippen molar-refractivity contribution in [2.24, 2.45) is 0 Å². The van der Waals surface area contributed by atoms with E-state index in [1.165, 1.54) is 0 Å². The summed E-state index contributed by atoms with van der Waals surface area (Å²) in [5, 5.41) is 31.5. The Hall–Kier alpha value is -4.06. The lowest BCUT2D eigenvalue weighted by atomic mass is 10.1. The zero-order valence-corrected chi connectivity index (χ0v) is 15.5. The molecule has 0 fully saturated rings. The molecule has 0 aliphatic carbocycles.